The first kappa shape index (κ1) is 14.0. The molecule has 1 unspecified atom stereocenters. The van der Waals surface area contributed by atoms with Crippen molar-refractivity contribution in [1.82, 2.24) is 5.32 Å². The molecule has 0 spiro atoms. The Kier molecular flexibility index (Phi) is 4.54. The van der Waals surface area contributed by atoms with Crippen LogP contribution < -0.4 is 11.1 Å². The Morgan fingerprint density at radius 2 is 1.82 bits per heavy atom. The normalized spacial score (nSPS) is 14.1. The highest BCUT2D eigenvalue weighted by Gasteiger charge is 2.34. The van der Waals surface area contributed by atoms with E-state index in [1.807, 2.05) is 13.8 Å². The molecule has 0 saturated carbocycles. The van der Waals surface area contributed by atoms with Gasteiger partial charge >= 0.3 is 6.18 Å². The lowest BCUT2D eigenvalue weighted by Gasteiger charge is -2.23. The largest absolute Gasteiger partial charge is 0.416 e. The first-order valence-electron chi connectivity index (χ1n) is 5.48. The molecule has 0 heterocycles. The Labute approximate surface area is 99.0 Å². The average molecular weight is 246 g/mol. The van der Waals surface area contributed by atoms with Crippen molar-refractivity contribution < 1.29 is 13.2 Å². The number of nitrogens with one attached hydrogen (secondary N) is 1. The van der Waals surface area contributed by atoms with Crippen LogP contribution in [-0.2, 0) is 6.18 Å². The SMILES string of the molecule is CC(C)NC(CN)c1ccccc1C(F)(F)F. The third kappa shape index (κ3) is 3.71. The van der Waals surface area contributed by atoms with E-state index in [9.17, 15) is 13.2 Å². The van der Waals surface area contributed by atoms with Crippen LogP contribution in [-0.4, -0.2) is 12.6 Å². The van der Waals surface area contributed by atoms with E-state index in [2.05, 4.69) is 5.32 Å². The van der Waals surface area contributed by atoms with E-state index in [0.717, 1.165) is 6.07 Å². The van der Waals surface area contributed by atoms with Gasteiger partial charge in [-0.25, -0.2) is 0 Å². The summed E-state index contributed by atoms with van der Waals surface area (Å²) in [5.41, 5.74) is 5.12. The average Bonchev–Trinajstić information content (AvgIpc) is 2.24. The van der Waals surface area contributed by atoms with Crippen LogP contribution in [0.1, 0.15) is 31.0 Å². The lowest BCUT2D eigenvalue weighted by molar-refractivity contribution is -0.138. The molecule has 0 amide bonds. The summed E-state index contributed by atoms with van der Waals surface area (Å²) < 4.78 is 38.4. The van der Waals surface area contributed by atoms with Gasteiger partial charge in [-0.2, -0.15) is 13.2 Å². The van der Waals surface area contributed by atoms with Crippen molar-refractivity contribution in [3.8, 4) is 0 Å². The summed E-state index contributed by atoms with van der Waals surface area (Å²) >= 11 is 0. The second-order valence-electron chi connectivity index (χ2n) is 4.19. The molecule has 96 valence electrons. The summed E-state index contributed by atoms with van der Waals surface area (Å²) in [6.07, 6.45) is -4.34. The molecule has 0 aliphatic rings. The van der Waals surface area contributed by atoms with Gasteiger partial charge in [0.15, 0.2) is 0 Å². The van der Waals surface area contributed by atoms with Crippen LogP contribution in [0, 0.1) is 0 Å². The Bertz CT molecular complexity index is 361. The quantitative estimate of drug-likeness (QED) is 0.857. The number of hydrogen-bond acceptors (Lipinski definition) is 2. The first-order chi connectivity index (χ1) is 7.86. The minimum Gasteiger partial charge on any atom is -0.329 e. The highest BCUT2D eigenvalue weighted by molar-refractivity contribution is 5.32. The molecule has 0 saturated heterocycles. The van der Waals surface area contributed by atoms with Crippen LogP contribution >= 0.6 is 0 Å². The number of hydrogen-bond donors (Lipinski definition) is 2. The van der Waals surface area contributed by atoms with Gasteiger partial charge in [0.25, 0.3) is 0 Å². The van der Waals surface area contributed by atoms with Crippen molar-refractivity contribution >= 4 is 0 Å². The van der Waals surface area contributed by atoms with Crippen LogP contribution in [0.4, 0.5) is 13.2 Å². The molecule has 1 rings (SSSR count). The molecule has 0 fully saturated rings. The maximum Gasteiger partial charge on any atom is 0.416 e. The minimum absolute atomic E-state index is 0.0739. The number of alkyl halides is 3. The first-order valence-corrected chi connectivity index (χ1v) is 5.48. The summed E-state index contributed by atoms with van der Waals surface area (Å²) in [5.74, 6) is 0. The van der Waals surface area contributed by atoms with Crippen molar-refractivity contribution in [3.63, 3.8) is 0 Å². The van der Waals surface area contributed by atoms with Gasteiger partial charge in [-0.15, -0.1) is 0 Å². The molecule has 3 N–H and O–H groups in total. The van der Waals surface area contributed by atoms with Crippen LogP contribution in [0.15, 0.2) is 24.3 Å². The lowest BCUT2D eigenvalue weighted by atomic mass is 9.99. The van der Waals surface area contributed by atoms with Crippen molar-refractivity contribution in [3.05, 3.63) is 35.4 Å². The molecule has 1 aromatic carbocycles. The van der Waals surface area contributed by atoms with Crippen LogP contribution in [0.2, 0.25) is 0 Å². The minimum atomic E-state index is -4.34. The van der Waals surface area contributed by atoms with Crippen molar-refractivity contribution in [2.45, 2.75) is 32.1 Å². The fourth-order valence-corrected chi connectivity index (χ4v) is 1.75. The van der Waals surface area contributed by atoms with Gasteiger partial charge in [-0.1, -0.05) is 32.0 Å². The van der Waals surface area contributed by atoms with E-state index in [0.29, 0.717) is 0 Å². The number of benzene rings is 1. The van der Waals surface area contributed by atoms with Crippen molar-refractivity contribution in [1.29, 1.82) is 0 Å². The molecule has 5 heteroatoms. The number of nitrogens with two attached hydrogens (primary N) is 1. The third-order valence-corrected chi connectivity index (χ3v) is 2.41. The van der Waals surface area contributed by atoms with Crippen molar-refractivity contribution in [2.75, 3.05) is 6.54 Å². The number of rotatable bonds is 4. The fraction of sp³-hybridized carbons (Fsp3) is 0.500. The standard InChI is InChI=1S/C12H17F3N2/c1-8(2)17-11(7-16)9-5-3-4-6-10(9)12(13,14)15/h3-6,8,11,17H,7,16H2,1-2H3. The molecule has 0 aliphatic heterocycles. The van der Waals surface area contributed by atoms with Crippen LogP contribution in [0.3, 0.4) is 0 Å². The predicted octanol–water partition coefficient (Wildman–Crippen LogP) is 2.70. The van der Waals surface area contributed by atoms with Gasteiger partial charge in [0, 0.05) is 18.6 Å². The summed E-state index contributed by atoms with van der Waals surface area (Å²) in [4.78, 5) is 0. The van der Waals surface area contributed by atoms with E-state index in [1.54, 1.807) is 6.07 Å². The third-order valence-electron chi connectivity index (χ3n) is 2.41. The van der Waals surface area contributed by atoms with Gasteiger partial charge < -0.3 is 11.1 Å². The zero-order valence-electron chi connectivity index (χ0n) is 9.88. The summed E-state index contributed by atoms with van der Waals surface area (Å²) in [6.45, 7) is 3.88. The molecule has 0 aromatic heterocycles. The summed E-state index contributed by atoms with van der Waals surface area (Å²) in [6, 6.07) is 5.12. The molecule has 1 atom stereocenters. The smallest absolute Gasteiger partial charge is 0.329 e. The Hall–Kier alpha value is -1.07. The van der Waals surface area contributed by atoms with E-state index < -0.39 is 17.8 Å². The molecule has 17 heavy (non-hydrogen) atoms. The van der Waals surface area contributed by atoms with Crippen LogP contribution in [0.25, 0.3) is 0 Å². The molecular formula is C12H17F3N2. The van der Waals surface area contributed by atoms with Crippen LogP contribution in [0.5, 0.6) is 0 Å². The topological polar surface area (TPSA) is 38.0 Å². The zero-order valence-corrected chi connectivity index (χ0v) is 9.88. The lowest BCUT2D eigenvalue weighted by Crippen LogP contribution is -2.34. The van der Waals surface area contributed by atoms with E-state index in [1.165, 1.54) is 12.1 Å². The summed E-state index contributed by atoms with van der Waals surface area (Å²) in [5, 5.41) is 3.03. The maximum absolute atomic E-state index is 12.8. The van der Waals surface area contributed by atoms with Gasteiger partial charge in [-0.05, 0) is 11.6 Å². The number of halogens is 3. The second-order valence-corrected chi connectivity index (χ2v) is 4.19. The van der Waals surface area contributed by atoms with E-state index >= 15 is 0 Å². The Morgan fingerprint density at radius 1 is 1.24 bits per heavy atom. The monoisotopic (exact) mass is 246 g/mol. The molecule has 0 bridgehead atoms. The molecule has 1 aromatic rings. The van der Waals surface area contributed by atoms with Gasteiger partial charge in [-0.3, -0.25) is 0 Å². The Balaban J connectivity index is 3.11. The Morgan fingerprint density at radius 3 is 2.29 bits per heavy atom. The van der Waals surface area contributed by atoms with Gasteiger partial charge in [0.2, 0.25) is 0 Å². The molecule has 0 radical (unpaired) electrons. The molecule has 2 nitrogen and oxygen atoms in total. The maximum atomic E-state index is 12.8. The van der Waals surface area contributed by atoms with Gasteiger partial charge in [0.05, 0.1) is 5.56 Å². The van der Waals surface area contributed by atoms with Gasteiger partial charge in [0.1, 0.15) is 0 Å². The van der Waals surface area contributed by atoms with Crippen molar-refractivity contribution in [2.24, 2.45) is 5.73 Å². The fourth-order valence-electron chi connectivity index (χ4n) is 1.75. The highest BCUT2D eigenvalue weighted by Crippen LogP contribution is 2.34. The van der Waals surface area contributed by atoms with E-state index in [4.69, 9.17) is 5.73 Å². The molecular weight excluding hydrogens is 229 g/mol. The second kappa shape index (κ2) is 5.51. The predicted molar refractivity (Wildman–Crippen MR) is 61.5 cm³/mol. The molecule has 0 aliphatic carbocycles. The zero-order chi connectivity index (χ0) is 13.1. The summed E-state index contributed by atoms with van der Waals surface area (Å²) in [7, 11) is 0. The highest BCUT2D eigenvalue weighted by atomic mass is 19.4. The van der Waals surface area contributed by atoms with E-state index in [-0.39, 0.29) is 18.2 Å².